The first-order valence-corrected chi connectivity index (χ1v) is 9.69. The molecule has 8 nitrogen and oxygen atoms in total. The molecule has 1 amide bonds. The first-order valence-electron chi connectivity index (χ1n) is 9.69. The number of hydrogen-bond donors (Lipinski definition) is 0. The third kappa shape index (κ3) is 5.82. The van der Waals surface area contributed by atoms with E-state index < -0.39 is 5.60 Å². The van der Waals surface area contributed by atoms with Crippen molar-refractivity contribution < 1.29 is 14.3 Å². The lowest BCUT2D eigenvalue weighted by Crippen LogP contribution is -2.38. The van der Waals surface area contributed by atoms with Crippen molar-refractivity contribution in [2.24, 2.45) is 0 Å². The van der Waals surface area contributed by atoms with Gasteiger partial charge >= 0.3 is 6.09 Å². The molecule has 1 unspecified atom stereocenters. The van der Waals surface area contributed by atoms with E-state index in [1.54, 1.807) is 18.1 Å². The molecule has 1 atom stereocenters. The lowest BCUT2D eigenvalue weighted by Gasteiger charge is -2.26. The molecule has 0 aromatic carbocycles. The van der Waals surface area contributed by atoms with Crippen LogP contribution >= 0.6 is 0 Å². The molecule has 2 rings (SSSR count). The van der Waals surface area contributed by atoms with Gasteiger partial charge in [-0.05, 0) is 33.8 Å². The van der Waals surface area contributed by atoms with Crippen LogP contribution in [-0.2, 0) is 9.47 Å². The molecule has 0 spiro atoms. The summed E-state index contributed by atoms with van der Waals surface area (Å²) in [5.41, 5.74) is 0.465. The molecule has 0 bridgehead atoms. The minimum atomic E-state index is -0.498. The van der Waals surface area contributed by atoms with Crippen LogP contribution in [0.25, 0.3) is 5.78 Å². The van der Waals surface area contributed by atoms with E-state index in [2.05, 4.69) is 16.9 Å². The van der Waals surface area contributed by atoms with Gasteiger partial charge in [0.05, 0.1) is 18.5 Å². The summed E-state index contributed by atoms with van der Waals surface area (Å²) in [5.74, 6) is 1.79. The normalized spacial score (nSPS) is 12.8. The molecule has 156 valence electrons. The lowest BCUT2D eigenvalue weighted by atomic mass is 10.1. The number of likely N-dealkylation sites (N-methyl/N-ethyl adjacent to an activating group) is 2. The quantitative estimate of drug-likeness (QED) is 0.688. The van der Waals surface area contributed by atoms with Crippen LogP contribution in [0.5, 0.6) is 0 Å². The minimum absolute atomic E-state index is 0.213. The van der Waals surface area contributed by atoms with Crippen LogP contribution in [0, 0.1) is 0 Å². The van der Waals surface area contributed by atoms with Crippen molar-refractivity contribution in [1.82, 2.24) is 19.3 Å². The van der Waals surface area contributed by atoms with Crippen LogP contribution in [0.2, 0.25) is 0 Å². The highest BCUT2D eigenvalue weighted by Gasteiger charge is 2.20. The molecule has 0 aliphatic rings. The second-order valence-corrected chi connectivity index (χ2v) is 8.02. The molecule has 28 heavy (non-hydrogen) atoms. The number of fused-ring (bicyclic) bond motifs is 1. The summed E-state index contributed by atoms with van der Waals surface area (Å²) in [4.78, 5) is 24.8. The van der Waals surface area contributed by atoms with Crippen LogP contribution < -0.4 is 4.90 Å². The van der Waals surface area contributed by atoms with E-state index in [1.165, 1.54) is 0 Å². The van der Waals surface area contributed by atoms with Crippen LogP contribution in [-0.4, -0.2) is 71.4 Å². The van der Waals surface area contributed by atoms with Crippen molar-refractivity contribution in [3.8, 4) is 0 Å². The maximum atomic E-state index is 12.1. The topological polar surface area (TPSA) is 72.2 Å². The molecule has 0 aliphatic carbocycles. The molecular formula is C20H33N5O3. The zero-order chi connectivity index (χ0) is 20.9. The van der Waals surface area contributed by atoms with E-state index in [0.29, 0.717) is 32.1 Å². The molecule has 0 N–H and O–H groups in total. The van der Waals surface area contributed by atoms with Crippen LogP contribution in [0.3, 0.4) is 0 Å². The van der Waals surface area contributed by atoms with E-state index in [9.17, 15) is 4.79 Å². The van der Waals surface area contributed by atoms with Crippen LogP contribution in [0.15, 0.2) is 18.5 Å². The number of hydrogen-bond acceptors (Lipinski definition) is 6. The maximum absolute atomic E-state index is 12.1. The van der Waals surface area contributed by atoms with Crippen LogP contribution in [0.4, 0.5) is 10.6 Å². The Labute approximate surface area is 167 Å². The van der Waals surface area contributed by atoms with Crippen molar-refractivity contribution in [1.29, 1.82) is 0 Å². The van der Waals surface area contributed by atoms with E-state index in [-0.39, 0.29) is 12.0 Å². The standard InChI is InChI=1S/C20H33N5O3/c1-8-27-14-15(2)16-9-10-25-17(13-21-18(25)22-16)23(6)11-12-24(7)19(26)28-20(3,4)5/h9-10,13,15H,8,11-12,14H2,1-7H3. The van der Waals surface area contributed by atoms with Gasteiger partial charge in [0, 0.05) is 45.9 Å². The van der Waals surface area contributed by atoms with Gasteiger partial charge in [0.1, 0.15) is 11.4 Å². The van der Waals surface area contributed by atoms with Gasteiger partial charge in [-0.25, -0.2) is 14.8 Å². The van der Waals surface area contributed by atoms with E-state index in [1.807, 2.05) is 56.3 Å². The minimum Gasteiger partial charge on any atom is -0.444 e. The zero-order valence-corrected chi connectivity index (χ0v) is 18.1. The van der Waals surface area contributed by atoms with E-state index >= 15 is 0 Å². The van der Waals surface area contributed by atoms with E-state index in [4.69, 9.17) is 9.47 Å². The summed E-state index contributed by atoms with van der Waals surface area (Å²) in [6.07, 6.45) is 3.46. The summed E-state index contributed by atoms with van der Waals surface area (Å²) in [5, 5.41) is 0. The number of aromatic nitrogens is 3. The molecule has 0 fully saturated rings. The number of nitrogens with zero attached hydrogens (tertiary/aromatic N) is 5. The van der Waals surface area contributed by atoms with Crippen molar-refractivity contribution in [3.05, 3.63) is 24.2 Å². The van der Waals surface area contributed by atoms with Gasteiger partial charge in [-0.2, -0.15) is 0 Å². The average Bonchev–Trinajstić information content (AvgIpc) is 3.05. The Morgan fingerprint density at radius 2 is 2.00 bits per heavy atom. The Morgan fingerprint density at radius 1 is 1.29 bits per heavy atom. The van der Waals surface area contributed by atoms with Crippen molar-refractivity contribution in [3.63, 3.8) is 0 Å². The van der Waals surface area contributed by atoms with E-state index in [0.717, 1.165) is 11.5 Å². The van der Waals surface area contributed by atoms with Gasteiger partial charge in [-0.3, -0.25) is 4.40 Å². The molecular weight excluding hydrogens is 358 g/mol. The Balaban J connectivity index is 2.02. The van der Waals surface area contributed by atoms with Crippen molar-refractivity contribution >= 4 is 17.7 Å². The van der Waals surface area contributed by atoms with Gasteiger partial charge in [-0.1, -0.05) is 6.92 Å². The second kappa shape index (κ2) is 9.23. The zero-order valence-electron chi connectivity index (χ0n) is 18.1. The summed E-state index contributed by atoms with van der Waals surface area (Å²) in [6.45, 7) is 12.2. The number of ether oxygens (including phenoxy) is 2. The molecule has 0 saturated carbocycles. The number of rotatable bonds is 8. The van der Waals surface area contributed by atoms with Crippen molar-refractivity contribution in [2.75, 3.05) is 45.3 Å². The fourth-order valence-electron chi connectivity index (χ4n) is 2.65. The SMILES string of the molecule is CCOCC(C)c1ccn2c(N(C)CCN(C)C(=O)OC(C)(C)C)cnc2n1. The van der Waals surface area contributed by atoms with Gasteiger partial charge in [-0.15, -0.1) is 0 Å². The molecule has 2 heterocycles. The lowest BCUT2D eigenvalue weighted by molar-refractivity contribution is 0.0303. The fraction of sp³-hybridized carbons (Fsp3) is 0.650. The number of carbonyl (C=O) groups is 1. The van der Waals surface area contributed by atoms with Crippen LogP contribution in [0.1, 0.15) is 46.2 Å². The number of anilines is 1. The highest BCUT2D eigenvalue weighted by atomic mass is 16.6. The average molecular weight is 392 g/mol. The molecule has 2 aromatic rings. The maximum Gasteiger partial charge on any atom is 0.410 e. The smallest absolute Gasteiger partial charge is 0.410 e. The van der Waals surface area contributed by atoms with Gasteiger partial charge in [0.15, 0.2) is 0 Å². The van der Waals surface area contributed by atoms with Crippen molar-refractivity contribution in [2.45, 2.75) is 46.1 Å². The summed E-state index contributed by atoms with van der Waals surface area (Å²) in [7, 11) is 3.71. The monoisotopic (exact) mass is 391 g/mol. The first kappa shape index (κ1) is 21.9. The predicted octanol–water partition coefficient (Wildman–Crippen LogP) is 3.17. The van der Waals surface area contributed by atoms with Gasteiger partial charge in [0.2, 0.25) is 5.78 Å². The Kier molecular flexibility index (Phi) is 7.23. The predicted molar refractivity (Wildman–Crippen MR) is 110 cm³/mol. The number of amides is 1. The molecule has 8 heteroatoms. The summed E-state index contributed by atoms with van der Waals surface area (Å²) >= 11 is 0. The molecule has 0 saturated heterocycles. The Morgan fingerprint density at radius 3 is 2.64 bits per heavy atom. The number of imidazole rings is 1. The summed E-state index contributed by atoms with van der Waals surface area (Å²) < 4.78 is 12.8. The Bertz CT molecular complexity index is 784. The third-order valence-electron chi connectivity index (χ3n) is 4.33. The van der Waals surface area contributed by atoms with Gasteiger partial charge < -0.3 is 19.3 Å². The van der Waals surface area contributed by atoms with Gasteiger partial charge in [0.25, 0.3) is 0 Å². The third-order valence-corrected chi connectivity index (χ3v) is 4.33. The Hall–Kier alpha value is -2.35. The fourth-order valence-corrected chi connectivity index (χ4v) is 2.65. The second-order valence-electron chi connectivity index (χ2n) is 8.02. The number of carbonyl (C=O) groups excluding carboxylic acids is 1. The first-order chi connectivity index (χ1) is 13.1. The molecule has 0 radical (unpaired) electrons. The molecule has 0 aliphatic heterocycles. The highest BCUT2D eigenvalue weighted by Crippen LogP contribution is 2.18. The highest BCUT2D eigenvalue weighted by molar-refractivity contribution is 5.67. The largest absolute Gasteiger partial charge is 0.444 e. The summed E-state index contributed by atoms with van der Waals surface area (Å²) in [6, 6.07) is 2.00. The molecule has 2 aromatic heterocycles.